The highest BCUT2D eigenvalue weighted by atomic mass is 32.2. The van der Waals surface area contributed by atoms with Crippen LogP contribution in [0.3, 0.4) is 0 Å². The smallest absolute Gasteiger partial charge is 0.254 e. The fraction of sp³-hybridized carbons (Fsp3) is 0.458. The normalized spacial score (nSPS) is 12.3. The van der Waals surface area contributed by atoms with E-state index in [0.29, 0.717) is 23.7 Å². The van der Waals surface area contributed by atoms with E-state index in [2.05, 4.69) is 6.92 Å². The van der Waals surface area contributed by atoms with Gasteiger partial charge in [0.25, 0.3) is 5.91 Å². The Labute approximate surface area is 186 Å². The molecule has 6 nitrogen and oxygen atoms in total. The van der Waals surface area contributed by atoms with Gasteiger partial charge in [0, 0.05) is 18.9 Å². The van der Waals surface area contributed by atoms with Gasteiger partial charge in [-0.25, -0.2) is 8.42 Å². The molecule has 0 aromatic heterocycles. The molecule has 0 N–H and O–H groups in total. The van der Waals surface area contributed by atoms with E-state index in [4.69, 9.17) is 9.47 Å². The van der Waals surface area contributed by atoms with Crippen molar-refractivity contribution in [3.8, 4) is 11.5 Å². The first-order valence-corrected chi connectivity index (χ1v) is 12.5. The minimum atomic E-state index is -3.25. The van der Waals surface area contributed by atoms with Crippen molar-refractivity contribution in [1.29, 1.82) is 0 Å². The van der Waals surface area contributed by atoms with Crippen LogP contribution >= 0.6 is 0 Å². The number of nitrogens with zero attached hydrogens (tertiary/aromatic N) is 1. The molecule has 2 aromatic rings. The number of carbonyl (C=O) groups excluding carboxylic acids is 1. The Bertz CT molecular complexity index is 970. The first-order valence-electron chi connectivity index (χ1n) is 10.6. The zero-order valence-corrected chi connectivity index (χ0v) is 19.9. The van der Waals surface area contributed by atoms with E-state index in [9.17, 15) is 13.2 Å². The van der Waals surface area contributed by atoms with Crippen LogP contribution in [0.15, 0.2) is 47.4 Å². The van der Waals surface area contributed by atoms with Crippen LogP contribution in [0.25, 0.3) is 0 Å². The van der Waals surface area contributed by atoms with Gasteiger partial charge in [-0.05, 0) is 49.2 Å². The van der Waals surface area contributed by atoms with E-state index >= 15 is 0 Å². The monoisotopic (exact) mass is 447 g/mol. The summed E-state index contributed by atoms with van der Waals surface area (Å²) in [6.45, 7) is 4.69. The lowest BCUT2D eigenvalue weighted by molar-refractivity contribution is 0.0742. The van der Waals surface area contributed by atoms with Crippen LogP contribution in [0.2, 0.25) is 0 Å². The summed E-state index contributed by atoms with van der Waals surface area (Å²) in [4.78, 5) is 14.9. The number of benzene rings is 2. The number of methoxy groups -OCH3 is 1. The van der Waals surface area contributed by atoms with Crippen LogP contribution < -0.4 is 9.47 Å². The lowest BCUT2D eigenvalue weighted by Gasteiger charge is -2.26. The van der Waals surface area contributed by atoms with Crippen molar-refractivity contribution in [3.05, 3.63) is 53.6 Å². The topological polar surface area (TPSA) is 72.9 Å². The second kappa shape index (κ2) is 11.2. The number of amides is 1. The zero-order valence-electron chi connectivity index (χ0n) is 19.1. The largest absolute Gasteiger partial charge is 0.493 e. The molecule has 170 valence electrons. The van der Waals surface area contributed by atoms with E-state index in [1.807, 2.05) is 6.92 Å². The minimum absolute atomic E-state index is 0.160. The van der Waals surface area contributed by atoms with E-state index in [1.165, 1.54) is 19.1 Å². The molecule has 2 rings (SSSR count). The van der Waals surface area contributed by atoms with Gasteiger partial charge in [0.2, 0.25) is 0 Å². The first-order chi connectivity index (χ1) is 14.7. The lowest BCUT2D eigenvalue weighted by Crippen LogP contribution is -2.29. The first kappa shape index (κ1) is 24.7. The molecule has 0 radical (unpaired) electrons. The van der Waals surface area contributed by atoms with E-state index in [1.54, 1.807) is 61.5 Å². The Morgan fingerprint density at radius 1 is 1.03 bits per heavy atom. The highest BCUT2D eigenvalue weighted by Gasteiger charge is 2.21. The van der Waals surface area contributed by atoms with Crippen molar-refractivity contribution >= 4 is 15.7 Å². The fourth-order valence-corrected chi connectivity index (χ4v) is 3.86. The summed E-state index contributed by atoms with van der Waals surface area (Å²) in [6.07, 6.45) is 5.65. The molecule has 1 amide bonds. The number of sulfone groups is 1. The molecule has 0 aliphatic heterocycles. The third-order valence-electron chi connectivity index (χ3n) is 5.36. The molecule has 0 bridgehead atoms. The van der Waals surface area contributed by atoms with Crippen molar-refractivity contribution < 1.29 is 22.7 Å². The van der Waals surface area contributed by atoms with Gasteiger partial charge in [0.15, 0.2) is 21.3 Å². The predicted octanol–water partition coefficient (Wildman–Crippen LogP) is 4.89. The van der Waals surface area contributed by atoms with Gasteiger partial charge in [-0.2, -0.15) is 0 Å². The van der Waals surface area contributed by atoms with Gasteiger partial charge in [-0.1, -0.05) is 38.3 Å². The molecule has 2 aromatic carbocycles. The number of unbranched alkanes of at least 4 members (excludes halogenated alkanes) is 3. The van der Waals surface area contributed by atoms with Gasteiger partial charge in [0.1, 0.15) is 0 Å². The molecule has 0 fully saturated rings. The average Bonchev–Trinajstić information content (AvgIpc) is 2.77. The van der Waals surface area contributed by atoms with E-state index in [0.717, 1.165) is 18.4 Å². The molecular weight excluding hydrogens is 414 g/mol. The Hall–Kier alpha value is -2.54. The van der Waals surface area contributed by atoms with Crippen molar-refractivity contribution in [3.63, 3.8) is 0 Å². The Morgan fingerprint density at radius 2 is 1.71 bits per heavy atom. The van der Waals surface area contributed by atoms with Crippen molar-refractivity contribution in [2.45, 2.75) is 50.5 Å². The summed E-state index contributed by atoms with van der Waals surface area (Å²) in [5.41, 5.74) is 1.35. The SMILES string of the molecule is CCCCCCOc1ccc(C(=O)N(C)C(C)c2ccc(S(C)(=O)=O)cc2)cc1OC. The number of hydrogen-bond acceptors (Lipinski definition) is 5. The molecule has 1 atom stereocenters. The average molecular weight is 448 g/mol. The van der Waals surface area contributed by atoms with Crippen LogP contribution in [-0.4, -0.2) is 46.2 Å². The second-order valence-corrected chi connectivity index (χ2v) is 9.72. The molecule has 0 saturated heterocycles. The van der Waals surface area contributed by atoms with Gasteiger partial charge >= 0.3 is 0 Å². The minimum Gasteiger partial charge on any atom is -0.493 e. The molecule has 0 heterocycles. The molecular formula is C24H33NO5S. The molecule has 7 heteroatoms. The predicted molar refractivity (Wildman–Crippen MR) is 123 cm³/mol. The molecule has 0 aliphatic rings. The molecule has 0 aliphatic carbocycles. The van der Waals surface area contributed by atoms with Crippen LogP contribution in [0.1, 0.15) is 61.5 Å². The third kappa shape index (κ3) is 6.72. The van der Waals surface area contributed by atoms with Crippen LogP contribution in [0.5, 0.6) is 11.5 Å². The van der Waals surface area contributed by atoms with Crippen LogP contribution in [-0.2, 0) is 9.84 Å². The third-order valence-corrected chi connectivity index (χ3v) is 6.49. The molecule has 31 heavy (non-hydrogen) atoms. The van der Waals surface area contributed by atoms with Crippen molar-refractivity contribution in [2.24, 2.45) is 0 Å². The maximum atomic E-state index is 13.0. The number of rotatable bonds is 11. The summed E-state index contributed by atoms with van der Waals surface area (Å²) in [5.74, 6) is 0.995. The standard InChI is InChI=1S/C24H33NO5S/c1-6-7-8-9-16-30-22-15-12-20(17-23(22)29-4)24(26)25(3)18(2)19-10-13-21(14-11-19)31(5,27)28/h10-15,17-18H,6-9,16H2,1-5H3. The molecule has 0 saturated carbocycles. The summed E-state index contributed by atoms with van der Waals surface area (Å²) in [5, 5.41) is 0. The van der Waals surface area contributed by atoms with Gasteiger partial charge in [-0.3, -0.25) is 4.79 Å². The van der Waals surface area contributed by atoms with Crippen molar-refractivity contribution in [1.82, 2.24) is 4.90 Å². The summed E-state index contributed by atoms with van der Waals surface area (Å²) in [7, 11) is 0.0284. The maximum absolute atomic E-state index is 13.0. The maximum Gasteiger partial charge on any atom is 0.254 e. The highest BCUT2D eigenvalue weighted by molar-refractivity contribution is 7.90. The van der Waals surface area contributed by atoms with Crippen molar-refractivity contribution in [2.75, 3.05) is 27.0 Å². The Kier molecular flexibility index (Phi) is 8.92. The van der Waals surface area contributed by atoms with Gasteiger partial charge in [-0.15, -0.1) is 0 Å². The van der Waals surface area contributed by atoms with E-state index in [-0.39, 0.29) is 16.8 Å². The van der Waals surface area contributed by atoms with Gasteiger partial charge in [0.05, 0.1) is 24.7 Å². The number of ether oxygens (including phenoxy) is 2. The molecule has 1 unspecified atom stereocenters. The fourth-order valence-electron chi connectivity index (χ4n) is 3.23. The van der Waals surface area contributed by atoms with Crippen LogP contribution in [0, 0.1) is 0 Å². The van der Waals surface area contributed by atoms with Gasteiger partial charge < -0.3 is 14.4 Å². The second-order valence-electron chi connectivity index (χ2n) is 7.71. The molecule has 0 spiro atoms. The summed E-state index contributed by atoms with van der Waals surface area (Å²) < 4.78 is 34.6. The quantitative estimate of drug-likeness (QED) is 0.459. The summed E-state index contributed by atoms with van der Waals surface area (Å²) >= 11 is 0. The summed E-state index contributed by atoms with van der Waals surface area (Å²) in [6, 6.07) is 11.6. The highest BCUT2D eigenvalue weighted by Crippen LogP contribution is 2.30. The zero-order chi connectivity index (χ0) is 23.0. The number of carbonyl (C=O) groups is 1. The van der Waals surface area contributed by atoms with E-state index < -0.39 is 9.84 Å². The lowest BCUT2D eigenvalue weighted by atomic mass is 10.1. The Balaban J connectivity index is 2.10. The number of hydrogen-bond donors (Lipinski definition) is 0. The Morgan fingerprint density at radius 3 is 2.29 bits per heavy atom. The van der Waals surface area contributed by atoms with Crippen LogP contribution in [0.4, 0.5) is 0 Å².